The van der Waals surface area contributed by atoms with Gasteiger partial charge in [0.15, 0.2) is 0 Å². The minimum absolute atomic E-state index is 0.172. The zero-order valence-electron chi connectivity index (χ0n) is 11.8. The number of hydrogen-bond acceptors (Lipinski definition) is 4. The van der Waals surface area contributed by atoms with Crippen LogP contribution in [0.15, 0.2) is 10.2 Å². The summed E-state index contributed by atoms with van der Waals surface area (Å²) in [6.07, 6.45) is 8.10. The van der Waals surface area contributed by atoms with Crippen molar-refractivity contribution in [2.45, 2.75) is 58.8 Å². The average molecular weight is 268 g/mol. The number of hydrazone groups is 2. The van der Waals surface area contributed by atoms with E-state index in [4.69, 9.17) is 0 Å². The molecule has 19 heavy (non-hydrogen) atoms. The molecule has 108 valence electrons. The molecule has 0 aromatic heterocycles. The van der Waals surface area contributed by atoms with E-state index in [1.807, 2.05) is 13.8 Å². The van der Waals surface area contributed by atoms with Crippen LogP contribution in [0.3, 0.4) is 0 Å². The molecule has 0 aromatic carbocycles. The molecule has 0 aliphatic rings. The van der Waals surface area contributed by atoms with Crippen molar-refractivity contribution in [3.63, 3.8) is 0 Å². The molecule has 0 bridgehead atoms. The lowest BCUT2D eigenvalue weighted by atomic mass is 10.2. The predicted molar refractivity (Wildman–Crippen MR) is 76.9 cm³/mol. The highest BCUT2D eigenvalue weighted by Crippen LogP contribution is 1.95. The number of hydrogen-bond donors (Lipinski definition) is 2. The summed E-state index contributed by atoms with van der Waals surface area (Å²) in [6, 6.07) is 0. The van der Waals surface area contributed by atoms with Gasteiger partial charge >= 0.3 is 0 Å². The van der Waals surface area contributed by atoms with Crippen LogP contribution in [0.2, 0.25) is 0 Å². The van der Waals surface area contributed by atoms with E-state index in [-0.39, 0.29) is 24.7 Å². The fourth-order valence-electron chi connectivity index (χ4n) is 1.14. The third kappa shape index (κ3) is 12.5. The van der Waals surface area contributed by atoms with Crippen LogP contribution in [0.25, 0.3) is 0 Å². The molecule has 0 saturated carbocycles. The largest absolute Gasteiger partial charge is 0.273 e. The Balaban J connectivity index is 3.56. The smallest absolute Gasteiger partial charge is 0.240 e. The number of rotatable bonds is 10. The highest BCUT2D eigenvalue weighted by atomic mass is 16.2. The molecule has 6 nitrogen and oxygen atoms in total. The normalized spacial score (nSPS) is 11.1. The molecular formula is C13H24N4O2. The minimum atomic E-state index is -0.172. The number of carbonyl (C=O) groups excluding carboxylic acids is 2. The van der Waals surface area contributed by atoms with E-state index in [2.05, 4.69) is 21.1 Å². The number of carbonyl (C=O) groups is 2. The molecule has 0 spiro atoms. The zero-order chi connectivity index (χ0) is 14.3. The maximum absolute atomic E-state index is 11.3. The van der Waals surface area contributed by atoms with Crippen molar-refractivity contribution < 1.29 is 9.59 Å². The Hall–Kier alpha value is -1.72. The maximum atomic E-state index is 11.3. The van der Waals surface area contributed by atoms with Crippen LogP contribution >= 0.6 is 0 Å². The molecule has 0 heterocycles. The van der Waals surface area contributed by atoms with Gasteiger partial charge in [-0.3, -0.25) is 9.59 Å². The quantitative estimate of drug-likeness (QED) is 0.469. The molecule has 0 unspecified atom stereocenters. The van der Waals surface area contributed by atoms with Gasteiger partial charge in [0.1, 0.15) is 0 Å². The Morgan fingerprint density at radius 1 is 0.895 bits per heavy atom. The summed E-state index contributed by atoms with van der Waals surface area (Å²) in [4.78, 5) is 22.6. The van der Waals surface area contributed by atoms with Gasteiger partial charge in [-0.25, -0.2) is 10.9 Å². The SMILES string of the molecule is CCCC=NNC(=O)CCCC(=O)NN=CCCC. The first-order chi connectivity index (χ1) is 9.20. The van der Waals surface area contributed by atoms with Crippen molar-refractivity contribution >= 4 is 24.2 Å². The monoisotopic (exact) mass is 268 g/mol. The molecule has 0 rings (SSSR count). The van der Waals surface area contributed by atoms with Gasteiger partial charge in [-0.15, -0.1) is 0 Å². The van der Waals surface area contributed by atoms with Gasteiger partial charge < -0.3 is 0 Å². The van der Waals surface area contributed by atoms with Crippen LogP contribution < -0.4 is 10.9 Å². The summed E-state index contributed by atoms with van der Waals surface area (Å²) in [6.45, 7) is 4.07. The third-order valence-electron chi connectivity index (χ3n) is 2.20. The van der Waals surface area contributed by atoms with E-state index in [0.717, 1.165) is 25.7 Å². The van der Waals surface area contributed by atoms with Crippen LogP contribution in [0.5, 0.6) is 0 Å². The first-order valence-corrected chi connectivity index (χ1v) is 6.81. The first kappa shape index (κ1) is 17.3. The van der Waals surface area contributed by atoms with Crippen molar-refractivity contribution in [3.8, 4) is 0 Å². The van der Waals surface area contributed by atoms with E-state index >= 15 is 0 Å². The molecule has 0 saturated heterocycles. The Kier molecular flexibility index (Phi) is 11.6. The fraction of sp³-hybridized carbons (Fsp3) is 0.692. The molecule has 6 heteroatoms. The van der Waals surface area contributed by atoms with Gasteiger partial charge in [-0.2, -0.15) is 10.2 Å². The van der Waals surface area contributed by atoms with Crippen molar-refractivity contribution in [1.29, 1.82) is 0 Å². The van der Waals surface area contributed by atoms with Gasteiger partial charge in [0.2, 0.25) is 11.8 Å². The molecule has 0 aliphatic carbocycles. The number of nitrogens with zero attached hydrogens (tertiary/aromatic N) is 2. The molecule has 0 aromatic rings. The Morgan fingerprint density at radius 3 is 1.68 bits per heavy atom. The van der Waals surface area contributed by atoms with Crippen molar-refractivity contribution in [2.24, 2.45) is 10.2 Å². The van der Waals surface area contributed by atoms with Crippen molar-refractivity contribution in [1.82, 2.24) is 10.9 Å². The van der Waals surface area contributed by atoms with Gasteiger partial charge in [-0.1, -0.05) is 26.7 Å². The molecule has 0 aliphatic heterocycles. The zero-order valence-corrected chi connectivity index (χ0v) is 11.8. The second kappa shape index (κ2) is 12.7. The van der Waals surface area contributed by atoms with Crippen molar-refractivity contribution in [3.05, 3.63) is 0 Å². The number of nitrogens with one attached hydrogen (secondary N) is 2. The van der Waals surface area contributed by atoms with Gasteiger partial charge in [0.05, 0.1) is 0 Å². The molecular weight excluding hydrogens is 244 g/mol. The molecule has 2 amide bonds. The summed E-state index contributed by atoms with van der Waals surface area (Å²) in [7, 11) is 0. The van der Waals surface area contributed by atoms with Crippen LogP contribution in [0.1, 0.15) is 58.8 Å². The highest BCUT2D eigenvalue weighted by Gasteiger charge is 2.03. The Bertz CT molecular complexity index is 284. The highest BCUT2D eigenvalue weighted by molar-refractivity contribution is 5.79. The Morgan fingerprint density at radius 2 is 1.32 bits per heavy atom. The van der Waals surface area contributed by atoms with E-state index in [1.54, 1.807) is 12.4 Å². The Labute approximate surface area is 114 Å². The molecule has 2 N–H and O–H groups in total. The standard InChI is InChI=1S/C13H24N4O2/c1-3-5-10-14-16-12(18)8-7-9-13(19)17-15-11-6-4-2/h10-11H,3-9H2,1-2H3,(H,16,18)(H,17,19). The van der Waals surface area contributed by atoms with Crippen LogP contribution in [0, 0.1) is 0 Å². The van der Waals surface area contributed by atoms with Gasteiger partial charge in [0, 0.05) is 25.3 Å². The summed E-state index contributed by atoms with van der Waals surface area (Å²) >= 11 is 0. The summed E-state index contributed by atoms with van der Waals surface area (Å²) < 4.78 is 0. The number of amides is 2. The number of unbranched alkanes of at least 4 members (excludes halogenated alkanes) is 2. The maximum Gasteiger partial charge on any atom is 0.240 e. The summed E-state index contributed by atoms with van der Waals surface area (Å²) in [5, 5.41) is 7.56. The van der Waals surface area contributed by atoms with Crippen LogP contribution in [0.4, 0.5) is 0 Å². The van der Waals surface area contributed by atoms with E-state index in [0.29, 0.717) is 6.42 Å². The summed E-state index contributed by atoms with van der Waals surface area (Å²) in [5.41, 5.74) is 4.84. The van der Waals surface area contributed by atoms with Crippen LogP contribution in [-0.4, -0.2) is 24.2 Å². The molecule has 0 radical (unpaired) electrons. The predicted octanol–water partition coefficient (Wildman–Crippen LogP) is 1.96. The third-order valence-corrected chi connectivity index (χ3v) is 2.20. The van der Waals surface area contributed by atoms with Gasteiger partial charge in [0.25, 0.3) is 0 Å². The lowest BCUT2D eigenvalue weighted by molar-refractivity contribution is -0.122. The molecule has 0 atom stereocenters. The fourth-order valence-corrected chi connectivity index (χ4v) is 1.14. The van der Waals surface area contributed by atoms with E-state index in [1.165, 1.54) is 0 Å². The second-order valence-electron chi connectivity index (χ2n) is 4.12. The van der Waals surface area contributed by atoms with E-state index < -0.39 is 0 Å². The summed E-state index contributed by atoms with van der Waals surface area (Å²) in [5.74, 6) is -0.343. The van der Waals surface area contributed by atoms with Crippen LogP contribution in [-0.2, 0) is 9.59 Å². The van der Waals surface area contributed by atoms with Crippen molar-refractivity contribution in [2.75, 3.05) is 0 Å². The molecule has 0 fully saturated rings. The van der Waals surface area contributed by atoms with Gasteiger partial charge in [-0.05, 0) is 19.3 Å². The topological polar surface area (TPSA) is 82.9 Å². The lowest BCUT2D eigenvalue weighted by Gasteiger charge is -2.00. The van der Waals surface area contributed by atoms with E-state index in [9.17, 15) is 9.59 Å². The lowest BCUT2D eigenvalue weighted by Crippen LogP contribution is -2.20. The average Bonchev–Trinajstić information content (AvgIpc) is 2.40. The second-order valence-corrected chi connectivity index (χ2v) is 4.12. The minimum Gasteiger partial charge on any atom is -0.273 e. The first-order valence-electron chi connectivity index (χ1n) is 6.81.